The quantitative estimate of drug-likeness (QED) is 0.127. The number of halogens is 4. The maximum absolute atomic E-state index is 13.2. The van der Waals surface area contributed by atoms with Crippen LogP contribution in [0.1, 0.15) is 52.6 Å². The Bertz CT molecular complexity index is 2310. The molecular weight excluding hydrogens is 1010 g/mol. The number of aromatic carboxylic acids is 1. The molecule has 2 aliphatic rings. The summed E-state index contributed by atoms with van der Waals surface area (Å²) in [5.41, 5.74) is 4.70. The van der Waals surface area contributed by atoms with Crippen LogP contribution < -0.4 is 5.32 Å². The second kappa shape index (κ2) is 21.6. The van der Waals surface area contributed by atoms with Gasteiger partial charge in [-0.15, -0.1) is 0 Å². The van der Waals surface area contributed by atoms with E-state index in [1.807, 2.05) is 53.6 Å². The summed E-state index contributed by atoms with van der Waals surface area (Å²) in [6, 6.07) is 24.8. The number of carbonyl (C=O) groups is 2. The molecular formula is C43H48BCl2F2N6O3U. The summed E-state index contributed by atoms with van der Waals surface area (Å²) in [6.07, 6.45) is 3.58. The van der Waals surface area contributed by atoms with Gasteiger partial charge in [0.05, 0.1) is 29.5 Å². The van der Waals surface area contributed by atoms with Crippen molar-refractivity contribution in [1.82, 2.24) is 30.0 Å². The van der Waals surface area contributed by atoms with E-state index < -0.39 is 5.97 Å². The number of nitrogens with one attached hydrogen (secondary N) is 3. The van der Waals surface area contributed by atoms with E-state index in [0.29, 0.717) is 31.5 Å². The third kappa shape index (κ3) is 12.2. The van der Waals surface area contributed by atoms with Gasteiger partial charge in [-0.25, -0.2) is 13.6 Å². The van der Waals surface area contributed by atoms with Gasteiger partial charge in [0.15, 0.2) is 0 Å². The summed E-state index contributed by atoms with van der Waals surface area (Å²) in [5, 5.41) is 14.7. The molecule has 58 heavy (non-hydrogen) atoms. The average molecular weight is 1060 g/mol. The van der Waals surface area contributed by atoms with E-state index in [9.17, 15) is 18.4 Å². The van der Waals surface area contributed by atoms with Gasteiger partial charge in [-0.1, -0.05) is 47.5 Å². The largest absolute Gasteiger partial charge is 0.478 e. The maximum atomic E-state index is 13.2. The molecule has 6 aromatic rings. The molecule has 1 amide bonds. The van der Waals surface area contributed by atoms with Crippen LogP contribution >= 0.6 is 23.2 Å². The van der Waals surface area contributed by atoms with E-state index in [1.165, 1.54) is 29.8 Å². The molecule has 0 saturated carbocycles. The zero-order valence-corrected chi connectivity index (χ0v) is 38.3. The summed E-state index contributed by atoms with van der Waals surface area (Å²) in [4.78, 5) is 36.6. The SMILES string of the molecule is C[C@@H]1CN(Cc2ccc(F)cc2)CCN1.C[C@@H]1CN(Cc2ccc(F)cc2)[C@@H](C)CN1C(=O)c1cc2cc[nH]c2cc1Cl.O=C(O)c1cc2cc[nH]c2cc1Cl.[3H][B][3H].[U]. The Morgan fingerprint density at radius 1 is 0.776 bits per heavy atom. The van der Waals surface area contributed by atoms with Crippen molar-refractivity contribution in [3.05, 3.63) is 141 Å². The molecule has 0 aliphatic carbocycles. The van der Waals surface area contributed by atoms with E-state index in [4.69, 9.17) is 31.0 Å². The molecule has 0 bridgehead atoms. The fourth-order valence-electron chi connectivity index (χ4n) is 7.16. The van der Waals surface area contributed by atoms with Gasteiger partial charge in [0.25, 0.3) is 5.91 Å². The zero-order valence-electron chi connectivity index (χ0n) is 34.6. The number of amides is 1. The number of aromatic nitrogens is 2. The molecule has 4 N–H and O–H groups in total. The number of aromatic amines is 2. The van der Waals surface area contributed by atoms with Crippen molar-refractivity contribution in [2.75, 3.05) is 32.7 Å². The third-order valence-corrected chi connectivity index (χ3v) is 10.8. The van der Waals surface area contributed by atoms with Crippen molar-refractivity contribution in [1.29, 1.82) is 2.67 Å². The van der Waals surface area contributed by atoms with E-state index in [-0.39, 0.29) is 71.3 Å². The second-order valence-electron chi connectivity index (χ2n) is 14.5. The summed E-state index contributed by atoms with van der Waals surface area (Å²) in [6.45, 7) is 12.6. The van der Waals surface area contributed by atoms with Gasteiger partial charge in [-0.05, 0) is 95.2 Å². The minimum absolute atomic E-state index is 0. The van der Waals surface area contributed by atoms with Crippen LogP contribution in [0.5, 0.6) is 0 Å². The van der Waals surface area contributed by atoms with Gasteiger partial charge in [0, 0.05) is 129 Å². The van der Waals surface area contributed by atoms with Crippen LogP contribution in [0.15, 0.2) is 97.3 Å². The standard InChI is InChI=1S/C22H23ClFN3O.C12H17FN2.C9H6ClNO2.BH2.U/c1-14-12-27(15(2)11-26(14)13-16-3-5-18(24)6-4-16)22(28)19-9-17-7-8-25-21(17)10-20(19)23;1-10-8-15(7-6-14-10)9-11-2-4-12(13)5-3-11;10-7-4-8-5(1-2-11-8)3-6(7)9(12)13;;/h3-10,14-15,25H,11-13H2,1-2H3;2-5,10,14H,6-9H2,1H3;1-4,11H,(H,12,13);1H2;/t14-,15+;10-;;;/m01.../s1/i;;;1T2;. The minimum Gasteiger partial charge on any atom is -0.478 e. The molecule has 2 fully saturated rings. The van der Waals surface area contributed by atoms with E-state index in [0.717, 1.165) is 66.6 Å². The maximum Gasteiger partial charge on any atom is 0.337 e. The van der Waals surface area contributed by atoms with Crippen LogP contribution in [0.2, 0.25) is 10.0 Å². The van der Waals surface area contributed by atoms with Gasteiger partial charge in [0.2, 0.25) is 0 Å². The molecule has 2 aliphatic heterocycles. The number of benzene rings is 4. The summed E-state index contributed by atoms with van der Waals surface area (Å²) in [5.74, 6) is -1.42. The number of carbonyl (C=O) groups excluding carboxylic acids is 1. The fourth-order valence-corrected chi connectivity index (χ4v) is 7.65. The van der Waals surface area contributed by atoms with E-state index in [1.54, 1.807) is 24.4 Å². The number of rotatable bonds is 6. The Balaban J connectivity index is 0.000000209. The molecule has 3 atom stereocenters. The van der Waals surface area contributed by atoms with Gasteiger partial charge < -0.3 is 25.3 Å². The number of piperazine rings is 2. The second-order valence-corrected chi connectivity index (χ2v) is 15.3. The first-order valence-corrected chi connectivity index (χ1v) is 19.4. The first-order valence-electron chi connectivity index (χ1n) is 19.8. The van der Waals surface area contributed by atoms with Crippen LogP contribution in [0.3, 0.4) is 0 Å². The first kappa shape index (κ1) is 43.9. The number of nitrogens with zero attached hydrogens (tertiary/aromatic N) is 3. The number of carboxylic acids is 1. The van der Waals surface area contributed by atoms with Crippen molar-refractivity contribution in [3.8, 4) is 0 Å². The zero-order chi connectivity index (χ0) is 42.6. The first-order chi connectivity index (χ1) is 28.3. The van der Waals surface area contributed by atoms with E-state index in [2.05, 4.69) is 45.9 Å². The normalized spacial score (nSPS) is 18.5. The Morgan fingerprint density at radius 3 is 1.83 bits per heavy atom. The Morgan fingerprint density at radius 2 is 1.29 bits per heavy atom. The van der Waals surface area contributed by atoms with E-state index >= 15 is 0 Å². The number of H-pyrrole nitrogens is 2. The minimum atomic E-state index is -1.01. The molecule has 15 heteroatoms. The molecule has 1 radical (unpaired) electrons. The fraction of sp³-hybridized carbons (Fsp3) is 0.302. The van der Waals surface area contributed by atoms with Crippen molar-refractivity contribution < 1.29 is 54.6 Å². The monoisotopic (exact) mass is 1060 g/mol. The topological polar surface area (TPSA) is 108 Å². The Labute approximate surface area is 376 Å². The van der Waals surface area contributed by atoms with Crippen LogP contribution in [-0.4, -0.2) is 104 Å². The number of fused-ring (bicyclic) bond motifs is 2. The van der Waals surface area contributed by atoms with Crippen LogP contribution in [-0.2, 0) is 13.1 Å². The molecule has 4 aromatic carbocycles. The summed E-state index contributed by atoms with van der Waals surface area (Å²) >= 11 is 12.2. The average Bonchev–Trinajstić information content (AvgIpc) is 3.86. The van der Waals surface area contributed by atoms with Crippen LogP contribution in [0, 0.1) is 42.7 Å². The summed E-state index contributed by atoms with van der Waals surface area (Å²) in [7, 11) is 0.500. The molecule has 8 rings (SSSR count). The van der Waals surface area contributed by atoms with Crippen LogP contribution in [0.25, 0.3) is 21.8 Å². The van der Waals surface area contributed by atoms with Crippen LogP contribution in [0.4, 0.5) is 8.78 Å². The molecule has 0 unspecified atom stereocenters. The predicted molar refractivity (Wildman–Crippen MR) is 228 cm³/mol. The van der Waals surface area contributed by atoms with Crippen molar-refractivity contribution >= 4 is 65.2 Å². The Kier molecular flexibility index (Phi) is 16.3. The third-order valence-electron chi connectivity index (χ3n) is 10.2. The predicted octanol–water partition coefficient (Wildman–Crippen LogP) is 7.92. The number of hydrogen-bond acceptors (Lipinski definition) is 5. The number of carboxylic acid groups (broad SMARTS) is 1. The van der Waals surface area contributed by atoms with Gasteiger partial charge in [-0.2, -0.15) is 0 Å². The molecule has 2 aromatic heterocycles. The van der Waals surface area contributed by atoms with Gasteiger partial charge in [0.1, 0.15) is 11.6 Å². The molecule has 303 valence electrons. The Hall–Kier alpha value is -3.66. The van der Waals surface area contributed by atoms with Crippen molar-refractivity contribution in [2.45, 2.75) is 52.0 Å². The smallest absolute Gasteiger partial charge is 0.337 e. The molecule has 9 nitrogen and oxygen atoms in total. The summed E-state index contributed by atoms with van der Waals surface area (Å²) < 4.78 is 37.3. The number of hydrogen-bond donors (Lipinski definition) is 4. The van der Waals surface area contributed by atoms with Crippen molar-refractivity contribution in [3.63, 3.8) is 0 Å². The van der Waals surface area contributed by atoms with Gasteiger partial charge in [-0.3, -0.25) is 14.6 Å². The molecule has 0 spiro atoms. The molecule has 2 saturated heterocycles. The molecule has 4 heterocycles. The van der Waals surface area contributed by atoms with Gasteiger partial charge >= 0.3 is 5.97 Å². The van der Waals surface area contributed by atoms with Crippen molar-refractivity contribution in [2.24, 2.45) is 0 Å².